The maximum atomic E-state index is 12.7. The highest BCUT2D eigenvalue weighted by Gasteiger charge is 2.86. The molecule has 9 nitrogen and oxygen atoms in total. The van der Waals surface area contributed by atoms with Gasteiger partial charge in [-0.2, -0.15) is 0 Å². The number of hydrogen-bond acceptors (Lipinski definition) is 9. The summed E-state index contributed by atoms with van der Waals surface area (Å²) in [6.07, 6.45) is -6.99. The fourth-order valence-corrected chi connectivity index (χ4v) is 6.28. The molecular formula is C18H22O9. The number of epoxide rings is 1. The lowest BCUT2D eigenvalue weighted by Gasteiger charge is -2.58. The second-order valence-electron chi connectivity index (χ2n) is 8.78. The summed E-state index contributed by atoms with van der Waals surface area (Å²) >= 11 is 0. The van der Waals surface area contributed by atoms with Crippen LogP contribution in [-0.4, -0.2) is 80.7 Å². The van der Waals surface area contributed by atoms with Crippen molar-refractivity contribution in [2.24, 2.45) is 16.7 Å². The van der Waals surface area contributed by atoms with E-state index >= 15 is 0 Å². The standard InChI is InChI=1S/C18H22O9/c1-5(19)13-18-6(4-7(20)25-13)16(2)10-9(14(18)27-18)26-15(24)17(10,3)12(23)8(21)11(16)22/h4-5,8-14,19,21-23H,1-3H3/t5-,8-,9+,10-,11-,12+,13-,14-,16-,17-,18-/m1/s1. The van der Waals surface area contributed by atoms with E-state index in [1.165, 1.54) is 19.9 Å². The van der Waals surface area contributed by atoms with Crippen molar-refractivity contribution in [3.05, 3.63) is 11.6 Å². The van der Waals surface area contributed by atoms with Gasteiger partial charge in [0.05, 0.1) is 18.3 Å². The lowest BCUT2D eigenvalue weighted by molar-refractivity contribution is -0.215. The minimum absolute atomic E-state index is 0.367. The van der Waals surface area contributed by atoms with Gasteiger partial charge in [-0.05, 0) is 19.4 Å². The molecule has 9 heteroatoms. The van der Waals surface area contributed by atoms with Crippen LogP contribution in [0.1, 0.15) is 20.8 Å². The van der Waals surface area contributed by atoms with Gasteiger partial charge < -0.3 is 34.6 Å². The fraction of sp³-hybridized carbons (Fsp3) is 0.778. The van der Waals surface area contributed by atoms with Gasteiger partial charge in [0.1, 0.15) is 23.7 Å². The number of aliphatic hydroxyl groups excluding tert-OH is 4. The van der Waals surface area contributed by atoms with Gasteiger partial charge in [-0.15, -0.1) is 0 Å². The van der Waals surface area contributed by atoms with Crippen molar-refractivity contribution in [1.82, 2.24) is 0 Å². The highest BCUT2D eigenvalue weighted by molar-refractivity contribution is 5.87. The third-order valence-electron chi connectivity index (χ3n) is 7.53. The molecule has 4 N–H and O–H groups in total. The largest absolute Gasteiger partial charge is 0.459 e. The summed E-state index contributed by atoms with van der Waals surface area (Å²) in [4.78, 5) is 25.0. The van der Waals surface area contributed by atoms with E-state index in [0.717, 1.165) is 0 Å². The molecule has 0 bridgehead atoms. The van der Waals surface area contributed by atoms with Gasteiger partial charge in [-0.1, -0.05) is 6.92 Å². The van der Waals surface area contributed by atoms with Crippen LogP contribution in [0, 0.1) is 16.7 Å². The van der Waals surface area contributed by atoms with E-state index in [4.69, 9.17) is 14.2 Å². The highest BCUT2D eigenvalue weighted by atomic mass is 16.7. The number of aliphatic hydroxyl groups is 4. The maximum Gasteiger partial charge on any atom is 0.331 e. The first-order valence-corrected chi connectivity index (χ1v) is 9.06. The maximum absolute atomic E-state index is 12.7. The van der Waals surface area contributed by atoms with Crippen LogP contribution >= 0.6 is 0 Å². The van der Waals surface area contributed by atoms with Gasteiger partial charge in [0, 0.05) is 17.4 Å². The lowest BCUT2D eigenvalue weighted by atomic mass is 9.45. The zero-order chi connectivity index (χ0) is 19.7. The lowest BCUT2D eigenvalue weighted by Crippen LogP contribution is -2.71. The number of ether oxygens (including phenoxy) is 3. The van der Waals surface area contributed by atoms with Crippen molar-refractivity contribution >= 4 is 11.9 Å². The van der Waals surface area contributed by atoms with E-state index in [1.54, 1.807) is 6.92 Å². The van der Waals surface area contributed by atoms with Crippen molar-refractivity contribution in [3.63, 3.8) is 0 Å². The Hall–Kier alpha value is -1.52. The molecule has 2 saturated heterocycles. The first kappa shape index (κ1) is 17.6. The van der Waals surface area contributed by atoms with Gasteiger partial charge in [-0.3, -0.25) is 4.79 Å². The number of esters is 2. The third-order valence-corrected chi connectivity index (χ3v) is 7.53. The summed E-state index contributed by atoms with van der Waals surface area (Å²) in [7, 11) is 0. The summed E-state index contributed by atoms with van der Waals surface area (Å²) in [6, 6.07) is 0. The van der Waals surface area contributed by atoms with Crippen LogP contribution in [0.15, 0.2) is 11.6 Å². The molecule has 0 radical (unpaired) electrons. The summed E-state index contributed by atoms with van der Waals surface area (Å²) < 4.78 is 16.8. The van der Waals surface area contributed by atoms with Gasteiger partial charge in [0.15, 0.2) is 11.7 Å². The molecular weight excluding hydrogens is 360 g/mol. The smallest absolute Gasteiger partial charge is 0.331 e. The van der Waals surface area contributed by atoms with Crippen LogP contribution in [-0.2, 0) is 23.8 Å². The van der Waals surface area contributed by atoms with E-state index < -0.39 is 77.0 Å². The zero-order valence-electron chi connectivity index (χ0n) is 15.0. The van der Waals surface area contributed by atoms with Crippen LogP contribution < -0.4 is 0 Å². The summed E-state index contributed by atoms with van der Waals surface area (Å²) in [5, 5.41) is 42.3. The number of fused-ring (bicyclic) bond motifs is 2. The Bertz CT molecular complexity index is 792. The molecule has 27 heavy (non-hydrogen) atoms. The van der Waals surface area contributed by atoms with Crippen LogP contribution in [0.4, 0.5) is 0 Å². The Morgan fingerprint density at radius 3 is 2.33 bits per heavy atom. The molecule has 0 aromatic carbocycles. The Kier molecular flexibility index (Phi) is 3.07. The Labute approximate surface area is 154 Å². The molecule has 5 rings (SSSR count). The van der Waals surface area contributed by atoms with Gasteiger partial charge in [0.2, 0.25) is 0 Å². The van der Waals surface area contributed by atoms with E-state index in [1.807, 2.05) is 0 Å². The van der Waals surface area contributed by atoms with Crippen LogP contribution in [0.5, 0.6) is 0 Å². The average molecular weight is 382 g/mol. The van der Waals surface area contributed by atoms with Crippen LogP contribution in [0.3, 0.4) is 0 Å². The van der Waals surface area contributed by atoms with Crippen molar-refractivity contribution in [2.75, 3.05) is 0 Å². The van der Waals surface area contributed by atoms with Gasteiger partial charge >= 0.3 is 11.9 Å². The van der Waals surface area contributed by atoms with Gasteiger partial charge in [0.25, 0.3) is 0 Å². The van der Waals surface area contributed by atoms with E-state index in [-0.39, 0.29) is 0 Å². The molecule has 11 atom stereocenters. The number of carbonyl (C=O) groups excluding carboxylic acids is 2. The summed E-state index contributed by atoms with van der Waals surface area (Å²) in [5.41, 5.74) is -3.64. The Balaban J connectivity index is 1.77. The number of hydrogen-bond donors (Lipinski definition) is 4. The molecule has 0 aromatic heterocycles. The molecule has 5 aliphatic rings. The predicted octanol–water partition coefficient (Wildman–Crippen LogP) is -1.98. The summed E-state index contributed by atoms with van der Waals surface area (Å²) in [6.45, 7) is 4.60. The molecule has 0 amide bonds. The normalized spacial score (nSPS) is 58.9. The minimum atomic E-state index is -1.63. The monoisotopic (exact) mass is 382 g/mol. The first-order valence-electron chi connectivity index (χ1n) is 9.06. The fourth-order valence-electron chi connectivity index (χ4n) is 6.28. The summed E-state index contributed by atoms with van der Waals surface area (Å²) in [5.74, 6) is -2.11. The molecule has 1 spiro atoms. The molecule has 3 aliphatic heterocycles. The molecule has 2 aliphatic carbocycles. The SMILES string of the molecule is C[C@@H](O)[C@H]1OC(=O)C=C2[C@]3(C)[C@H]4[C@H](OC(=O)[C@@]4(C)[C@@H](O)[C@H](O)[C@H]3O)[C@H]3O[C@@]231. The van der Waals surface area contributed by atoms with Crippen molar-refractivity contribution in [1.29, 1.82) is 0 Å². The van der Waals surface area contributed by atoms with E-state index in [2.05, 4.69) is 0 Å². The van der Waals surface area contributed by atoms with Crippen LogP contribution in [0.2, 0.25) is 0 Å². The average Bonchev–Trinajstić information content (AvgIpc) is 3.27. The number of rotatable bonds is 1. The Morgan fingerprint density at radius 2 is 1.70 bits per heavy atom. The third kappa shape index (κ3) is 1.62. The highest BCUT2D eigenvalue weighted by Crippen LogP contribution is 2.72. The number of cyclic esters (lactones) is 1. The Morgan fingerprint density at radius 1 is 1.07 bits per heavy atom. The van der Waals surface area contributed by atoms with Crippen molar-refractivity contribution in [3.8, 4) is 0 Å². The van der Waals surface area contributed by atoms with Crippen LogP contribution in [0.25, 0.3) is 0 Å². The second kappa shape index (κ2) is 4.72. The molecule has 148 valence electrons. The van der Waals surface area contributed by atoms with Crippen molar-refractivity contribution in [2.45, 2.75) is 69.1 Å². The van der Waals surface area contributed by atoms with E-state index in [0.29, 0.717) is 5.57 Å². The molecule has 0 aromatic rings. The minimum Gasteiger partial charge on any atom is -0.459 e. The predicted molar refractivity (Wildman–Crippen MR) is 84.9 cm³/mol. The molecule has 3 heterocycles. The van der Waals surface area contributed by atoms with E-state index in [9.17, 15) is 30.0 Å². The number of carbonyl (C=O) groups is 2. The molecule has 4 fully saturated rings. The van der Waals surface area contributed by atoms with Crippen molar-refractivity contribution < 1.29 is 44.2 Å². The molecule has 2 saturated carbocycles. The quantitative estimate of drug-likeness (QED) is 0.299. The topological polar surface area (TPSA) is 146 Å². The molecule has 0 unspecified atom stereocenters. The first-order chi connectivity index (χ1) is 12.5. The second-order valence-corrected chi connectivity index (χ2v) is 8.78. The van der Waals surface area contributed by atoms with Gasteiger partial charge in [-0.25, -0.2) is 4.79 Å². The zero-order valence-corrected chi connectivity index (χ0v) is 15.0.